The summed E-state index contributed by atoms with van der Waals surface area (Å²) >= 11 is 0. The van der Waals surface area contributed by atoms with Crippen molar-refractivity contribution in [2.24, 2.45) is 0 Å². The van der Waals surface area contributed by atoms with Crippen LogP contribution in [-0.2, 0) is 38.8 Å². The summed E-state index contributed by atoms with van der Waals surface area (Å²) in [5.74, 6) is -0.933. The van der Waals surface area contributed by atoms with Gasteiger partial charge in [-0.2, -0.15) is 0 Å². The van der Waals surface area contributed by atoms with Crippen LogP contribution in [0.2, 0.25) is 0 Å². The first kappa shape index (κ1) is 32.1. The molecule has 5 aromatic rings. The van der Waals surface area contributed by atoms with Gasteiger partial charge < -0.3 is 29.6 Å². The first-order valence-corrected chi connectivity index (χ1v) is 16.0. The van der Waals surface area contributed by atoms with Gasteiger partial charge in [-0.05, 0) is 64.9 Å². The van der Waals surface area contributed by atoms with E-state index in [2.05, 4.69) is 33.1 Å². The number of imidazole rings is 1. The number of amides is 1. The molecule has 3 atom stereocenters. The van der Waals surface area contributed by atoms with Crippen molar-refractivity contribution in [2.75, 3.05) is 0 Å². The van der Waals surface area contributed by atoms with Gasteiger partial charge in [-0.25, -0.2) is 4.98 Å². The number of hydrogen-bond acceptors (Lipinski definition) is 6. The van der Waals surface area contributed by atoms with Gasteiger partial charge in [0.05, 0.1) is 42.7 Å². The lowest BCUT2D eigenvalue weighted by atomic mass is 9.98. The highest BCUT2D eigenvalue weighted by atomic mass is 16.7. The zero-order chi connectivity index (χ0) is 32.6. The zero-order valence-electron chi connectivity index (χ0n) is 26.1. The molecular weight excluding hydrogens is 594 g/mol. The third-order valence-electron chi connectivity index (χ3n) is 8.50. The van der Waals surface area contributed by atoms with E-state index < -0.39 is 12.3 Å². The summed E-state index contributed by atoms with van der Waals surface area (Å²) in [5.41, 5.74) is 7.76. The van der Waals surface area contributed by atoms with Crippen molar-refractivity contribution in [3.8, 4) is 11.1 Å². The average Bonchev–Trinajstić information content (AvgIpc) is 3.51. The quantitative estimate of drug-likeness (QED) is 0.123. The fourth-order valence-corrected chi connectivity index (χ4v) is 5.98. The number of hydrogen-bond donors (Lipinski definition) is 3. The Labute approximate surface area is 273 Å². The van der Waals surface area contributed by atoms with Crippen LogP contribution in [0.1, 0.15) is 66.8 Å². The highest BCUT2D eigenvalue weighted by Crippen LogP contribution is 2.39. The number of aromatic nitrogens is 2. The van der Waals surface area contributed by atoms with E-state index in [4.69, 9.17) is 14.6 Å². The minimum absolute atomic E-state index is 0.0111. The molecular formula is C38H39N3O6. The Morgan fingerprint density at radius 3 is 2.40 bits per heavy atom. The molecule has 0 spiro atoms. The number of carboxylic acids is 1. The van der Waals surface area contributed by atoms with Gasteiger partial charge in [-0.1, -0.05) is 72.8 Å². The van der Waals surface area contributed by atoms with Crippen LogP contribution in [0.4, 0.5) is 0 Å². The van der Waals surface area contributed by atoms with Crippen molar-refractivity contribution >= 4 is 22.9 Å². The maximum absolute atomic E-state index is 12.3. The molecule has 1 fully saturated rings. The number of aliphatic carboxylic acids is 1. The van der Waals surface area contributed by atoms with E-state index in [1.807, 2.05) is 85.2 Å². The molecule has 1 aliphatic rings. The van der Waals surface area contributed by atoms with Crippen LogP contribution in [0.3, 0.4) is 0 Å². The summed E-state index contributed by atoms with van der Waals surface area (Å²) in [6.07, 6.45) is 2.98. The number of aliphatic hydroxyl groups is 1. The number of aliphatic hydroxyl groups excluding tert-OH is 1. The van der Waals surface area contributed by atoms with Crippen LogP contribution >= 0.6 is 0 Å². The van der Waals surface area contributed by atoms with Crippen LogP contribution in [0.25, 0.3) is 22.2 Å². The van der Waals surface area contributed by atoms with Crippen molar-refractivity contribution in [3.63, 3.8) is 0 Å². The second kappa shape index (κ2) is 15.2. The highest BCUT2D eigenvalue weighted by Gasteiger charge is 2.33. The second-order valence-corrected chi connectivity index (χ2v) is 11.9. The van der Waals surface area contributed by atoms with E-state index in [0.29, 0.717) is 38.8 Å². The van der Waals surface area contributed by atoms with Crippen molar-refractivity contribution in [1.82, 2.24) is 14.9 Å². The minimum atomic E-state index is -0.843. The summed E-state index contributed by atoms with van der Waals surface area (Å²) in [5, 5.41) is 21.3. The van der Waals surface area contributed by atoms with Crippen molar-refractivity contribution in [2.45, 2.75) is 70.3 Å². The van der Waals surface area contributed by atoms with Crippen LogP contribution < -0.4 is 5.32 Å². The molecule has 9 heteroatoms. The Bertz CT molecular complexity index is 1820. The second-order valence-electron chi connectivity index (χ2n) is 11.9. The third kappa shape index (κ3) is 8.31. The van der Waals surface area contributed by atoms with Crippen molar-refractivity contribution in [3.05, 3.63) is 126 Å². The molecule has 2 heterocycles. The Morgan fingerprint density at radius 1 is 0.830 bits per heavy atom. The lowest BCUT2D eigenvalue weighted by molar-refractivity contribution is -0.252. The molecule has 3 unspecified atom stereocenters. The topological polar surface area (TPSA) is 123 Å². The largest absolute Gasteiger partial charge is 0.481 e. The number of carbonyl (C=O) groups is 2. The molecule has 1 saturated heterocycles. The van der Waals surface area contributed by atoms with Gasteiger partial charge >= 0.3 is 5.97 Å². The number of rotatable bonds is 13. The molecule has 1 amide bonds. The number of nitrogens with zero attached hydrogens (tertiary/aromatic N) is 2. The number of fused-ring (bicyclic) bond motifs is 1. The van der Waals surface area contributed by atoms with E-state index in [-0.39, 0.29) is 31.1 Å². The predicted molar refractivity (Wildman–Crippen MR) is 178 cm³/mol. The number of unbranched alkanes of at least 4 members (excludes halogenated alkanes) is 1. The van der Waals surface area contributed by atoms with Gasteiger partial charge in [0.1, 0.15) is 0 Å². The lowest BCUT2D eigenvalue weighted by Gasteiger charge is -2.36. The Kier molecular flexibility index (Phi) is 10.4. The van der Waals surface area contributed by atoms with Gasteiger partial charge in [0.25, 0.3) is 0 Å². The Balaban J connectivity index is 1.18. The standard InChI is InChI=1S/C38H39N3O6/c42-24-26-15-17-28(18-16-26)35-21-32(23-41-25-40-33-11-1-2-12-34(33)41)46-38(47-35)31-10-6-9-30(20-31)29-8-5-7-27(19-29)22-39-36(43)13-3-4-14-37(44)45/h1-2,5-12,15-20,25,32,35,38,42H,3-4,13-14,21-24H2,(H,39,43)(H,44,45). The van der Waals surface area contributed by atoms with Crippen LogP contribution in [0.15, 0.2) is 103 Å². The number of ether oxygens (including phenoxy) is 2. The molecule has 6 rings (SSSR count). The highest BCUT2D eigenvalue weighted by molar-refractivity contribution is 5.76. The van der Waals surface area contributed by atoms with Gasteiger partial charge in [0.2, 0.25) is 5.91 Å². The lowest BCUT2D eigenvalue weighted by Crippen LogP contribution is -2.32. The summed E-state index contributed by atoms with van der Waals surface area (Å²) in [6, 6.07) is 32.2. The molecule has 242 valence electrons. The molecule has 1 aromatic heterocycles. The molecule has 4 aromatic carbocycles. The maximum Gasteiger partial charge on any atom is 0.303 e. The van der Waals surface area contributed by atoms with E-state index in [1.54, 1.807) is 0 Å². The monoisotopic (exact) mass is 633 g/mol. The Morgan fingerprint density at radius 2 is 1.60 bits per heavy atom. The fraction of sp³-hybridized carbons (Fsp3) is 0.289. The van der Waals surface area contributed by atoms with Gasteiger partial charge in [-0.3, -0.25) is 9.59 Å². The van der Waals surface area contributed by atoms with Gasteiger partial charge in [0.15, 0.2) is 6.29 Å². The number of para-hydroxylation sites is 2. The molecule has 9 nitrogen and oxygen atoms in total. The molecule has 0 aliphatic carbocycles. The zero-order valence-corrected chi connectivity index (χ0v) is 26.1. The summed E-state index contributed by atoms with van der Waals surface area (Å²) in [4.78, 5) is 27.5. The maximum atomic E-state index is 12.3. The normalized spacial score (nSPS) is 17.9. The van der Waals surface area contributed by atoms with Crippen molar-refractivity contribution < 1.29 is 29.3 Å². The number of benzene rings is 4. The Hall–Kier alpha value is -4.83. The summed E-state index contributed by atoms with van der Waals surface area (Å²) in [7, 11) is 0. The molecule has 1 aliphatic heterocycles. The minimum Gasteiger partial charge on any atom is -0.481 e. The van der Waals surface area contributed by atoms with E-state index in [1.165, 1.54) is 0 Å². The van der Waals surface area contributed by atoms with Crippen LogP contribution in [0, 0.1) is 0 Å². The summed E-state index contributed by atoms with van der Waals surface area (Å²) < 4.78 is 15.4. The molecule has 0 bridgehead atoms. The third-order valence-corrected chi connectivity index (χ3v) is 8.50. The smallest absolute Gasteiger partial charge is 0.303 e. The van der Waals surface area contributed by atoms with Crippen molar-refractivity contribution in [1.29, 1.82) is 0 Å². The molecule has 3 N–H and O–H groups in total. The summed E-state index contributed by atoms with van der Waals surface area (Å²) in [6.45, 7) is 1.00. The molecule has 0 radical (unpaired) electrons. The molecule has 0 saturated carbocycles. The van der Waals surface area contributed by atoms with Crippen LogP contribution in [-0.4, -0.2) is 37.7 Å². The van der Waals surface area contributed by atoms with E-state index in [9.17, 15) is 14.7 Å². The van der Waals surface area contributed by atoms with E-state index in [0.717, 1.165) is 44.4 Å². The predicted octanol–water partition coefficient (Wildman–Crippen LogP) is 6.70. The first-order chi connectivity index (χ1) is 22.9. The number of carboxylic acid groups (broad SMARTS) is 1. The SMILES string of the molecule is O=C(O)CCCCC(=O)NCc1cccc(-c2cccc(C3OC(Cn4cnc5ccccc54)CC(c4ccc(CO)cc4)O3)c2)c1. The first-order valence-electron chi connectivity index (χ1n) is 16.0. The van der Waals surface area contributed by atoms with Gasteiger partial charge in [0, 0.05) is 31.4 Å². The van der Waals surface area contributed by atoms with Crippen LogP contribution in [0.5, 0.6) is 0 Å². The molecule has 47 heavy (non-hydrogen) atoms. The number of carbonyl (C=O) groups excluding carboxylic acids is 1. The number of nitrogens with one attached hydrogen (secondary N) is 1. The fourth-order valence-electron chi connectivity index (χ4n) is 5.98. The van der Waals surface area contributed by atoms with Gasteiger partial charge in [-0.15, -0.1) is 0 Å². The van der Waals surface area contributed by atoms with E-state index >= 15 is 0 Å². The average molecular weight is 634 g/mol.